The second kappa shape index (κ2) is 5.17. The van der Waals surface area contributed by atoms with E-state index >= 15 is 0 Å². The molecule has 0 bridgehead atoms. The van der Waals surface area contributed by atoms with E-state index in [1.165, 1.54) is 12.1 Å². The molecule has 0 aromatic heterocycles. The first-order valence-corrected chi connectivity index (χ1v) is 5.39. The van der Waals surface area contributed by atoms with Crippen LogP contribution in [0, 0.1) is 5.82 Å². The number of hydrogen-bond donors (Lipinski definition) is 1. The van der Waals surface area contributed by atoms with Crippen molar-refractivity contribution >= 4 is 11.6 Å². The number of ether oxygens (including phenoxy) is 1. The normalized spacial score (nSPS) is 10.3. The third kappa shape index (κ3) is 2.96. The van der Waals surface area contributed by atoms with Gasteiger partial charge < -0.3 is 9.84 Å². The fourth-order valence-corrected chi connectivity index (χ4v) is 1.62. The molecule has 0 heterocycles. The summed E-state index contributed by atoms with van der Waals surface area (Å²) in [7, 11) is 0. The molecule has 0 spiro atoms. The fraction of sp³-hybridized carbons (Fsp3) is 0.0769. The van der Waals surface area contributed by atoms with Gasteiger partial charge in [0.1, 0.15) is 17.3 Å². The molecule has 0 aliphatic heterocycles. The van der Waals surface area contributed by atoms with Crippen molar-refractivity contribution in [1.82, 2.24) is 0 Å². The molecule has 88 valence electrons. The van der Waals surface area contributed by atoms with E-state index in [2.05, 4.69) is 0 Å². The number of rotatable bonds is 3. The summed E-state index contributed by atoms with van der Waals surface area (Å²) < 4.78 is 18.4. The number of halogens is 2. The van der Waals surface area contributed by atoms with Crippen LogP contribution in [0.3, 0.4) is 0 Å². The third-order valence-electron chi connectivity index (χ3n) is 2.22. The van der Waals surface area contributed by atoms with E-state index < -0.39 is 0 Å². The van der Waals surface area contributed by atoms with Crippen molar-refractivity contribution < 1.29 is 14.2 Å². The van der Waals surface area contributed by atoms with Crippen molar-refractivity contribution in [2.24, 2.45) is 0 Å². The molecule has 4 heteroatoms. The maximum absolute atomic E-state index is 13.0. The molecule has 0 atom stereocenters. The van der Waals surface area contributed by atoms with Crippen LogP contribution in [0.5, 0.6) is 11.5 Å². The van der Waals surface area contributed by atoms with Gasteiger partial charge in [0.15, 0.2) is 0 Å². The molecule has 0 amide bonds. The minimum atomic E-state index is -0.373. The molecule has 17 heavy (non-hydrogen) atoms. The molecular formula is C13H10ClFO2. The fourth-order valence-electron chi connectivity index (χ4n) is 1.43. The second-order valence-corrected chi connectivity index (χ2v) is 3.91. The highest BCUT2D eigenvalue weighted by molar-refractivity contribution is 6.30. The Bertz CT molecular complexity index is 529. The van der Waals surface area contributed by atoms with Crippen molar-refractivity contribution in [2.45, 2.75) is 6.61 Å². The zero-order valence-corrected chi connectivity index (χ0v) is 9.62. The van der Waals surface area contributed by atoms with Crippen LogP contribution in [0.25, 0.3) is 0 Å². The summed E-state index contributed by atoms with van der Waals surface area (Å²) >= 11 is 5.80. The van der Waals surface area contributed by atoms with Crippen LogP contribution in [0.2, 0.25) is 5.02 Å². The summed E-state index contributed by atoms with van der Waals surface area (Å²) in [5.74, 6) is 0.464. The SMILES string of the molecule is OCc1cc(Cl)ccc1Oc1cccc(F)c1. The number of hydrogen-bond acceptors (Lipinski definition) is 2. The highest BCUT2D eigenvalue weighted by Gasteiger charge is 2.05. The molecule has 2 nitrogen and oxygen atoms in total. The van der Waals surface area contributed by atoms with Gasteiger partial charge in [-0.15, -0.1) is 0 Å². The van der Waals surface area contributed by atoms with Gasteiger partial charge in [0.05, 0.1) is 6.61 Å². The van der Waals surface area contributed by atoms with Crippen LogP contribution in [0.1, 0.15) is 5.56 Å². The van der Waals surface area contributed by atoms with Crippen LogP contribution in [0.4, 0.5) is 4.39 Å². The molecular weight excluding hydrogens is 243 g/mol. The predicted octanol–water partition coefficient (Wildman–Crippen LogP) is 3.76. The van der Waals surface area contributed by atoms with Gasteiger partial charge in [-0.1, -0.05) is 17.7 Å². The summed E-state index contributed by atoms with van der Waals surface area (Å²) in [6, 6.07) is 10.7. The largest absolute Gasteiger partial charge is 0.457 e. The lowest BCUT2D eigenvalue weighted by Crippen LogP contribution is -1.92. The Morgan fingerprint density at radius 1 is 1.18 bits per heavy atom. The van der Waals surface area contributed by atoms with E-state index in [-0.39, 0.29) is 12.4 Å². The maximum Gasteiger partial charge on any atom is 0.133 e. The third-order valence-corrected chi connectivity index (χ3v) is 2.45. The van der Waals surface area contributed by atoms with Crippen molar-refractivity contribution in [1.29, 1.82) is 0 Å². The molecule has 1 N–H and O–H groups in total. The van der Waals surface area contributed by atoms with Gasteiger partial charge in [-0.2, -0.15) is 0 Å². The van der Waals surface area contributed by atoms with Crippen molar-refractivity contribution in [2.75, 3.05) is 0 Å². The Balaban J connectivity index is 2.29. The highest BCUT2D eigenvalue weighted by Crippen LogP contribution is 2.28. The molecule has 2 rings (SSSR count). The summed E-state index contributed by atoms with van der Waals surface area (Å²) in [6.07, 6.45) is 0. The average Bonchev–Trinajstić information content (AvgIpc) is 2.31. The average molecular weight is 253 g/mol. The molecule has 2 aromatic rings. The van der Waals surface area contributed by atoms with Crippen molar-refractivity contribution in [3.8, 4) is 11.5 Å². The zero-order valence-electron chi connectivity index (χ0n) is 8.86. The molecule has 0 aliphatic carbocycles. The van der Waals surface area contributed by atoms with E-state index in [0.29, 0.717) is 22.1 Å². The van der Waals surface area contributed by atoms with Gasteiger partial charge >= 0.3 is 0 Å². The minimum Gasteiger partial charge on any atom is -0.457 e. The maximum atomic E-state index is 13.0. The first kappa shape index (κ1) is 11.9. The standard InChI is InChI=1S/C13H10ClFO2/c14-10-4-5-13(9(6-10)8-16)17-12-3-1-2-11(15)7-12/h1-7,16H,8H2. The molecule has 0 saturated carbocycles. The van der Waals surface area contributed by atoms with Gasteiger partial charge in [0.2, 0.25) is 0 Å². The summed E-state index contributed by atoms with van der Waals surface area (Å²) in [4.78, 5) is 0. The molecule has 0 aliphatic rings. The Morgan fingerprint density at radius 3 is 2.71 bits per heavy atom. The second-order valence-electron chi connectivity index (χ2n) is 3.47. The number of aliphatic hydroxyl groups is 1. The Labute approximate surface area is 103 Å². The lowest BCUT2D eigenvalue weighted by molar-refractivity contribution is 0.276. The van der Waals surface area contributed by atoms with Gasteiger partial charge in [-0.3, -0.25) is 0 Å². The minimum absolute atomic E-state index is 0.189. The van der Waals surface area contributed by atoms with Crippen molar-refractivity contribution in [3.05, 3.63) is 58.9 Å². The van der Waals surface area contributed by atoms with Crippen LogP contribution < -0.4 is 4.74 Å². The Morgan fingerprint density at radius 2 is 2.00 bits per heavy atom. The molecule has 0 saturated heterocycles. The van der Waals surface area contributed by atoms with Crippen LogP contribution in [-0.2, 0) is 6.61 Å². The Kier molecular flexibility index (Phi) is 3.61. The molecule has 0 unspecified atom stereocenters. The van der Waals surface area contributed by atoms with Crippen LogP contribution in [-0.4, -0.2) is 5.11 Å². The summed E-state index contributed by atoms with van der Waals surface area (Å²) in [6.45, 7) is -0.189. The first-order chi connectivity index (χ1) is 8.19. The number of aliphatic hydroxyl groups excluding tert-OH is 1. The van der Waals surface area contributed by atoms with Crippen LogP contribution >= 0.6 is 11.6 Å². The zero-order chi connectivity index (χ0) is 12.3. The van der Waals surface area contributed by atoms with Gasteiger partial charge in [-0.25, -0.2) is 4.39 Å². The highest BCUT2D eigenvalue weighted by atomic mass is 35.5. The summed E-state index contributed by atoms with van der Waals surface area (Å²) in [5.41, 5.74) is 0.557. The van der Waals surface area contributed by atoms with Gasteiger partial charge in [-0.05, 0) is 30.3 Å². The van der Waals surface area contributed by atoms with E-state index in [1.54, 1.807) is 30.3 Å². The van der Waals surface area contributed by atoms with E-state index in [1.807, 2.05) is 0 Å². The van der Waals surface area contributed by atoms with Gasteiger partial charge in [0, 0.05) is 16.7 Å². The lowest BCUT2D eigenvalue weighted by Gasteiger charge is -2.09. The summed E-state index contributed by atoms with van der Waals surface area (Å²) in [5, 5.41) is 9.68. The molecule has 0 fully saturated rings. The van der Waals surface area contributed by atoms with E-state index in [0.717, 1.165) is 0 Å². The predicted molar refractivity (Wildman–Crippen MR) is 63.8 cm³/mol. The quantitative estimate of drug-likeness (QED) is 0.901. The monoisotopic (exact) mass is 252 g/mol. The smallest absolute Gasteiger partial charge is 0.133 e. The lowest BCUT2D eigenvalue weighted by atomic mass is 10.2. The van der Waals surface area contributed by atoms with Gasteiger partial charge in [0.25, 0.3) is 0 Å². The van der Waals surface area contributed by atoms with E-state index in [9.17, 15) is 4.39 Å². The molecule has 0 radical (unpaired) electrons. The number of benzene rings is 2. The Hall–Kier alpha value is -1.58. The van der Waals surface area contributed by atoms with E-state index in [4.69, 9.17) is 21.4 Å². The van der Waals surface area contributed by atoms with Crippen molar-refractivity contribution in [3.63, 3.8) is 0 Å². The topological polar surface area (TPSA) is 29.5 Å². The van der Waals surface area contributed by atoms with Crippen LogP contribution in [0.15, 0.2) is 42.5 Å². The molecule has 2 aromatic carbocycles. The first-order valence-electron chi connectivity index (χ1n) is 5.02.